The highest BCUT2D eigenvalue weighted by atomic mass is 16.6. The summed E-state index contributed by atoms with van der Waals surface area (Å²) in [7, 11) is 2.77. The zero-order valence-electron chi connectivity index (χ0n) is 21.8. The molecule has 0 aromatic heterocycles. The number of esters is 2. The van der Waals surface area contributed by atoms with Crippen LogP contribution < -0.4 is 10.6 Å². The van der Waals surface area contributed by atoms with Crippen LogP contribution in [0.4, 0.5) is 9.59 Å². The number of carbonyl (C=O) groups is 4. The highest BCUT2D eigenvalue weighted by Gasteiger charge is 2.33. The van der Waals surface area contributed by atoms with Gasteiger partial charge in [0.15, 0.2) is 0 Å². The first-order valence-corrected chi connectivity index (χ1v) is 11.8. The molecule has 2 aliphatic rings. The molecule has 196 valence electrons. The summed E-state index contributed by atoms with van der Waals surface area (Å²) in [5.41, 5.74) is -0.991. The van der Waals surface area contributed by atoms with Crippen LogP contribution in [0.2, 0.25) is 0 Å². The summed E-state index contributed by atoms with van der Waals surface area (Å²) in [6.07, 6.45) is 3.51. The maximum atomic E-state index is 11.5. The van der Waals surface area contributed by atoms with Gasteiger partial charge >= 0.3 is 24.1 Å². The zero-order chi connectivity index (χ0) is 26.1. The van der Waals surface area contributed by atoms with Crippen molar-refractivity contribution in [3.05, 3.63) is 0 Å². The Balaban J connectivity index is 0.000000340. The van der Waals surface area contributed by atoms with Crippen molar-refractivity contribution in [2.45, 2.75) is 103 Å². The van der Waals surface area contributed by atoms with Crippen LogP contribution in [-0.2, 0) is 28.5 Å². The van der Waals surface area contributed by atoms with Crippen molar-refractivity contribution in [1.82, 2.24) is 10.6 Å². The fourth-order valence-electron chi connectivity index (χ4n) is 3.94. The van der Waals surface area contributed by atoms with Gasteiger partial charge in [-0.2, -0.15) is 0 Å². The van der Waals surface area contributed by atoms with Gasteiger partial charge < -0.3 is 29.6 Å². The molecule has 0 heterocycles. The summed E-state index contributed by atoms with van der Waals surface area (Å²) in [5.74, 6) is -0.586. The number of alkyl carbamates (subject to hydrolysis) is 2. The quantitative estimate of drug-likeness (QED) is 0.454. The Morgan fingerprint density at radius 3 is 1.21 bits per heavy atom. The number of amides is 2. The number of ether oxygens (including phenoxy) is 4. The highest BCUT2D eigenvalue weighted by Crippen LogP contribution is 2.27. The molecule has 0 spiro atoms. The van der Waals surface area contributed by atoms with Gasteiger partial charge in [-0.25, -0.2) is 9.59 Å². The minimum Gasteiger partial charge on any atom is -0.469 e. The minimum absolute atomic E-state index is 0.00829. The molecule has 2 fully saturated rings. The van der Waals surface area contributed by atoms with E-state index in [1.807, 2.05) is 41.5 Å². The van der Waals surface area contributed by atoms with Crippen LogP contribution >= 0.6 is 0 Å². The molecule has 10 heteroatoms. The Morgan fingerprint density at radius 2 is 0.941 bits per heavy atom. The second kappa shape index (κ2) is 12.8. The molecule has 0 unspecified atom stereocenters. The maximum absolute atomic E-state index is 11.5. The summed E-state index contributed by atoms with van der Waals surface area (Å²) in [6.45, 7) is 10.9. The topological polar surface area (TPSA) is 129 Å². The molecule has 0 aromatic rings. The lowest BCUT2D eigenvalue weighted by Gasteiger charge is -2.21. The van der Waals surface area contributed by atoms with Gasteiger partial charge in [-0.05, 0) is 80.1 Å². The second-order valence-corrected chi connectivity index (χ2v) is 10.8. The molecular weight excluding hydrogens is 444 g/mol. The first kappa shape index (κ1) is 29.5. The number of methoxy groups -OCH3 is 2. The lowest BCUT2D eigenvalue weighted by atomic mass is 10.1. The molecule has 10 nitrogen and oxygen atoms in total. The number of hydrogen-bond acceptors (Lipinski definition) is 8. The van der Waals surface area contributed by atoms with E-state index in [-0.39, 0.29) is 35.9 Å². The summed E-state index contributed by atoms with van der Waals surface area (Å²) < 4.78 is 19.7. The molecule has 0 aromatic carbocycles. The number of rotatable bonds is 4. The maximum Gasteiger partial charge on any atom is 0.407 e. The van der Waals surface area contributed by atoms with Gasteiger partial charge in [0, 0.05) is 12.1 Å². The van der Waals surface area contributed by atoms with E-state index in [1.165, 1.54) is 14.2 Å². The Bertz CT molecular complexity index is 651. The van der Waals surface area contributed by atoms with E-state index in [0.29, 0.717) is 12.8 Å². The van der Waals surface area contributed by atoms with Gasteiger partial charge in [0.05, 0.1) is 26.1 Å². The third-order valence-corrected chi connectivity index (χ3v) is 5.38. The van der Waals surface area contributed by atoms with Crippen molar-refractivity contribution in [2.75, 3.05) is 14.2 Å². The zero-order valence-corrected chi connectivity index (χ0v) is 21.8. The molecule has 2 saturated carbocycles. The third kappa shape index (κ3) is 11.6. The summed E-state index contributed by atoms with van der Waals surface area (Å²) in [5, 5.41) is 5.55. The fourth-order valence-corrected chi connectivity index (χ4v) is 3.94. The van der Waals surface area contributed by atoms with E-state index in [1.54, 1.807) is 0 Å². The average molecular weight is 487 g/mol. The lowest BCUT2D eigenvalue weighted by molar-refractivity contribution is -0.146. The van der Waals surface area contributed by atoms with Crippen molar-refractivity contribution < 1.29 is 38.1 Å². The molecule has 0 radical (unpaired) electrons. The monoisotopic (exact) mass is 486 g/mol. The highest BCUT2D eigenvalue weighted by molar-refractivity contribution is 5.74. The van der Waals surface area contributed by atoms with Crippen LogP contribution in [0.3, 0.4) is 0 Å². The van der Waals surface area contributed by atoms with Gasteiger partial charge in [-0.1, -0.05) is 0 Å². The number of hydrogen-bond donors (Lipinski definition) is 2. The first-order chi connectivity index (χ1) is 15.6. The number of nitrogens with one attached hydrogen (secondary N) is 2. The van der Waals surface area contributed by atoms with Crippen molar-refractivity contribution in [3.63, 3.8) is 0 Å². The van der Waals surface area contributed by atoms with Crippen molar-refractivity contribution in [3.8, 4) is 0 Å². The van der Waals surface area contributed by atoms with E-state index in [9.17, 15) is 19.2 Å². The van der Waals surface area contributed by atoms with Gasteiger partial charge in [-0.15, -0.1) is 0 Å². The minimum atomic E-state index is -0.496. The van der Waals surface area contributed by atoms with Gasteiger partial charge in [0.2, 0.25) is 0 Å². The Labute approximate surface area is 202 Å². The van der Waals surface area contributed by atoms with Crippen LogP contribution in [0, 0.1) is 11.8 Å². The molecule has 2 N–H and O–H groups in total. The predicted octanol–water partition coefficient (Wildman–Crippen LogP) is 3.71. The SMILES string of the molecule is COC(=O)[C@@H]1CC[C@@H](NC(=O)OC(C)(C)C)C1.COC(=O)[C@H]1CC[C@H](NC(=O)OC(C)(C)C)C1. The van der Waals surface area contributed by atoms with Crippen LogP contribution in [-0.4, -0.2) is 61.6 Å². The summed E-state index contributed by atoms with van der Waals surface area (Å²) >= 11 is 0. The van der Waals surface area contributed by atoms with E-state index < -0.39 is 23.4 Å². The standard InChI is InChI=1S/2C12H21NO4/c2*1-12(2,3)17-11(15)13-9-6-5-8(7-9)10(14)16-4/h2*8-9H,5-7H2,1-4H3,(H,13,15)/t2*8-,9-/m10/s1. The van der Waals surface area contributed by atoms with E-state index >= 15 is 0 Å². The Kier molecular flexibility index (Phi) is 11.1. The second-order valence-electron chi connectivity index (χ2n) is 10.8. The van der Waals surface area contributed by atoms with E-state index in [0.717, 1.165) is 25.7 Å². The lowest BCUT2D eigenvalue weighted by Crippen LogP contribution is -2.38. The fraction of sp³-hybridized carbons (Fsp3) is 0.833. The molecule has 4 atom stereocenters. The van der Waals surface area contributed by atoms with Crippen LogP contribution in [0.1, 0.15) is 80.1 Å². The average Bonchev–Trinajstić information content (AvgIpc) is 3.34. The molecule has 34 heavy (non-hydrogen) atoms. The smallest absolute Gasteiger partial charge is 0.407 e. The first-order valence-electron chi connectivity index (χ1n) is 11.8. The van der Waals surface area contributed by atoms with Crippen molar-refractivity contribution >= 4 is 24.1 Å². The molecule has 0 saturated heterocycles. The molecule has 2 aliphatic carbocycles. The molecule has 2 amide bonds. The largest absolute Gasteiger partial charge is 0.469 e. The predicted molar refractivity (Wildman–Crippen MR) is 125 cm³/mol. The van der Waals surface area contributed by atoms with Crippen LogP contribution in [0.5, 0.6) is 0 Å². The molecule has 0 bridgehead atoms. The number of carbonyl (C=O) groups excluding carboxylic acids is 4. The summed E-state index contributed by atoms with van der Waals surface area (Å²) in [4.78, 5) is 45.6. The normalized spacial score (nSPS) is 24.2. The van der Waals surface area contributed by atoms with Gasteiger partial charge in [0.1, 0.15) is 11.2 Å². The molecule has 0 aliphatic heterocycles. The Morgan fingerprint density at radius 1 is 0.618 bits per heavy atom. The molecule has 2 rings (SSSR count). The van der Waals surface area contributed by atoms with E-state index in [4.69, 9.17) is 9.47 Å². The third-order valence-electron chi connectivity index (χ3n) is 5.38. The molecular formula is C24H42N2O8. The van der Waals surface area contributed by atoms with Crippen molar-refractivity contribution in [2.24, 2.45) is 11.8 Å². The van der Waals surface area contributed by atoms with Crippen LogP contribution in [0.15, 0.2) is 0 Å². The summed E-state index contributed by atoms with van der Waals surface area (Å²) in [6, 6.07) is 0.0166. The van der Waals surface area contributed by atoms with Crippen LogP contribution in [0.25, 0.3) is 0 Å². The van der Waals surface area contributed by atoms with Gasteiger partial charge in [-0.3, -0.25) is 9.59 Å². The Hall–Kier alpha value is -2.52. The van der Waals surface area contributed by atoms with Gasteiger partial charge in [0.25, 0.3) is 0 Å². The van der Waals surface area contributed by atoms with Crippen molar-refractivity contribution in [1.29, 1.82) is 0 Å². The van der Waals surface area contributed by atoms with E-state index in [2.05, 4.69) is 20.1 Å².